The number of aryl methyl sites for hydroxylation is 1. The van der Waals surface area contributed by atoms with Crippen molar-refractivity contribution in [2.24, 2.45) is 0 Å². The van der Waals surface area contributed by atoms with Gasteiger partial charge in [-0.05, 0) is 32.0 Å². The van der Waals surface area contributed by atoms with Crippen molar-refractivity contribution < 1.29 is 13.2 Å². The lowest BCUT2D eigenvalue weighted by molar-refractivity contribution is 0.0378. The number of nitrogen functional groups attached to an aromatic ring is 1. The molecule has 0 radical (unpaired) electrons. The third-order valence-corrected chi connectivity index (χ3v) is 5.83. The Morgan fingerprint density at radius 1 is 1.14 bits per heavy atom. The highest BCUT2D eigenvalue weighted by molar-refractivity contribution is 7.89. The number of nitrogens with one attached hydrogen (secondary N) is 3. The van der Waals surface area contributed by atoms with Crippen LogP contribution >= 0.6 is 0 Å². The number of nitrogens with zero attached hydrogens (tertiary/aromatic N) is 3. The van der Waals surface area contributed by atoms with Gasteiger partial charge in [-0.2, -0.15) is 0 Å². The molecule has 0 bridgehead atoms. The predicted octanol–water partition coefficient (Wildman–Crippen LogP) is 0.807. The smallest absolute Gasteiger partial charge is 0.257 e. The summed E-state index contributed by atoms with van der Waals surface area (Å²) < 4.78 is 30.1. The Kier molecular flexibility index (Phi) is 7.20. The molecule has 1 aromatic carbocycles. The average molecular weight is 422 g/mol. The highest BCUT2D eigenvalue weighted by Crippen LogP contribution is 2.22. The van der Waals surface area contributed by atoms with Gasteiger partial charge in [0.2, 0.25) is 0 Å². The fraction of sp³-hybridized carbons (Fsp3) is 0.444. The van der Waals surface area contributed by atoms with Crippen molar-refractivity contribution in [1.29, 1.82) is 0 Å². The van der Waals surface area contributed by atoms with Crippen LogP contribution in [0.25, 0.3) is 0 Å². The number of morpholine rings is 1. The van der Waals surface area contributed by atoms with E-state index in [2.05, 4.69) is 30.4 Å². The molecule has 29 heavy (non-hydrogen) atoms. The molecule has 0 spiro atoms. The van der Waals surface area contributed by atoms with E-state index in [1.165, 1.54) is 18.5 Å². The number of hydrogen-bond donors (Lipinski definition) is 4. The van der Waals surface area contributed by atoms with E-state index >= 15 is 0 Å². The summed E-state index contributed by atoms with van der Waals surface area (Å²) >= 11 is 0. The first-order chi connectivity index (χ1) is 14.0. The lowest BCUT2D eigenvalue weighted by Crippen LogP contribution is -2.37. The molecule has 1 saturated heterocycles. The molecule has 1 aliphatic rings. The summed E-state index contributed by atoms with van der Waals surface area (Å²) in [6.45, 7) is 6.99. The molecule has 11 heteroatoms. The second-order valence-corrected chi connectivity index (χ2v) is 8.44. The van der Waals surface area contributed by atoms with Gasteiger partial charge in [0.15, 0.2) is 11.6 Å². The Morgan fingerprint density at radius 3 is 2.55 bits per heavy atom. The average Bonchev–Trinajstić information content (AvgIpc) is 2.72. The number of anilines is 3. The largest absolute Gasteiger partial charge is 0.393 e. The van der Waals surface area contributed by atoms with Crippen LogP contribution in [0.3, 0.4) is 0 Å². The fourth-order valence-corrected chi connectivity index (χ4v) is 3.71. The molecule has 1 fully saturated rings. The number of benzene rings is 1. The molecule has 0 saturated carbocycles. The molecule has 0 amide bonds. The molecular formula is C18H27N7O3S. The third-order valence-electron chi connectivity index (χ3n) is 4.57. The number of nitrogens with two attached hydrogens (primary N) is 1. The number of rotatable bonds is 9. The summed E-state index contributed by atoms with van der Waals surface area (Å²) in [5.74, 6) is 0.644. The summed E-state index contributed by atoms with van der Waals surface area (Å²) in [6.07, 6.45) is 2.25. The first kappa shape index (κ1) is 21.2. The van der Waals surface area contributed by atoms with E-state index in [1.807, 2.05) is 6.92 Å². The molecule has 0 atom stereocenters. The topological polar surface area (TPSA) is 134 Å². The number of ether oxygens (including phenoxy) is 1. The first-order valence-corrected chi connectivity index (χ1v) is 10.9. The summed E-state index contributed by atoms with van der Waals surface area (Å²) in [5.41, 5.74) is 9.87. The zero-order valence-corrected chi connectivity index (χ0v) is 17.2. The molecule has 158 valence electrons. The van der Waals surface area contributed by atoms with E-state index in [0.29, 0.717) is 12.4 Å². The van der Waals surface area contributed by atoms with Crippen LogP contribution in [0.1, 0.15) is 12.0 Å². The van der Waals surface area contributed by atoms with Crippen molar-refractivity contribution >= 4 is 27.3 Å². The van der Waals surface area contributed by atoms with E-state index in [1.54, 1.807) is 12.1 Å². The lowest BCUT2D eigenvalue weighted by Gasteiger charge is -2.26. The molecule has 10 nitrogen and oxygen atoms in total. The first-order valence-electron chi connectivity index (χ1n) is 9.44. The zero-order valence-electron chi connectivity index (χ0n) is 16.4. The van der Waals surface area contributed by atoms with Crippen molar-refractivity contribution in [3.63, 3.8) is 0 Å². The van der Waals surface area contributed by atoms with Gasteiger partial charge in [0.1, 0.15) is 12.0 Å². The van der Waals surface area contributed by atoms with Crippen LogP contribution in [0.4, 0.5) is 17.3 Å². The SMILES string of the molecule is Cc1ccc(S(=O)(=O)NNc2ncnc(NCCCN3CCOCC3)c2N)cc1. The van der Waals surface area contributed by atoms with E-state index < -0.39 is 10.0 Å². The Labute approximate surface area is 170 Å². The maximum Gasteiger partial charge on any atom is 0.257 e. The van der Waals surface area contributed by atoms with Crippen LogP contribution in [0.2, 0.25) is 0 Å². The standard InChI is InChI=1S/C18H27N7O3S/c1-14-3-5-15(6-4-14)29(26,27)24-23-18-16(19)17(21-13-22-18)20-7-2-8-25-9-11-28-12-10-25/h3-6,13,24H,2,7-12,19H2,1H3,(H2,20,21,22,23). The molecule has 1 aromatic heterocycles. The van der Waals surface area contributed by atoms with Gasteiger partial charge < -0.3 is 15.8 Å². The van der Waals surface area contributed by atoms with Gasteiger partial charge in [0.25, 0.3) is 10.0 Å². The Morgan fingerprint density at radius 2 is 1.83 bits per heavy atom. The quantitative estimate of drug-likeness (QED) is 0.343. The molecule has 3 rings (SSSR count). The van der Waals surface area contributed by atoms with Crippen LogP contribution in [-0.4, -0.2) is 62.7 Å². The molecule has 2 aromatic rings. The van der Waals surface area contributed by atoms with Gasteiger partial charge in [-0.3, -0.25) is 10.3 Å². The van der Waals surface area contributed by atoms with Crippen LogP contribution in [0.5, 0.6) is 0 Å². The minimum Gasteiger partial charge on any atom is -0.393 e. The third kappa shape index (κ3) is 6.00. The maximum absolute atomic E-state index is 12.4. The normalized spacial score (nSPS) is 15.2. The minimum atomic E-state index is -3.75. The lowest BCUT2D eigenvalue weighted by atomic mass is 10.2. The second kappa shape index (κ2) is 9.83. The van der Waals surface area contributed by atoms with Gasteiger partial charge in [0.05, 0.1) is 18.1 Å². The Hall–Kier alpha value is -2.47. The highest BCUT2D eigenvalue weighted by Gasteiger charge is 2.15. The summed E-state index contributed by atoms with van der Waals surface area (Å²) in [7, 11) is -3.75. The minimum absolute atomic E-state index is 0.143. The second-order valence-electron chi connectivity index (χ2n) is 6.76. The van der Waals surface area contributed by atoms with Crippen molar-refractivity contribution in [2.75, 3.05) is 55.9 Å². The zero-order chi connectivity index (χ0) is 20.7. The number of hydrazine groups is 1. The van der Waals surface area contributed by atoms with Crippen LogP contribution in [0, 0.1) is 6.92 Å². The van der Waals surface area contributed by atoms with E-state index in [9.17, 15) is 8.42 Å². The Balaban J connectivity index is 1.53. The summed E-state index contributed by atoms with van der Waals surface area (Å²) in [6, 6.07) is 6.52. The van der Waals surface area contributed by atoms with Gasteiger partial charge >= 0.3 is 0 Å². The molecule has 0 unspecified atom stereocenters. The van der Waals surface area contributed by atoms with Crippen molar-refractivity contribution in [1.82, 2.24) is 19.7 Å². The maximum atomic E-state index is 12.4. The summed E-state index contributed by atoms with van der Waals surface area (Å²) in [5, 5.41) is 3.18. The van der Waals surface area contributed by atoms with Crippen LogP contribution in [-0.2, 0) is 14.8 Å². The Bertz CT molecular complexity index is 900. The molecule has 5 N–H and O–H groups in total. The van der Waals surface area contributed by atoms with Crippen LogP contribution < -0.4 is 21.3 Å². The molecule has 2 heterocycles. The highest BCUT2D eigenvalue weighted by atomic mass is 32.2. The monoisotopic (exact) mass is 421 g/mol. The van der Waals surface area contributed by atoms with Gasteiger partial charge in [-0.15, -0.1) is 4.83 Å². The van der Waals surface area contributed by atoms with Gasteiger partial charge in [-0.25, -0.2) is 18.4 Å². The van der Waals surface area contributed by atoms with E-state index in [0.717, 1.165) is 44.8 Å². The summed E-state index contributed by atoms with van der Waals surface area (Å²) in [4.78, 5) is 12.9. The van der Waals surface area contributed by atoms with Crippen LogP contribution in [0.15, 0.2) is 35.5 Å². The number of sulfonamides is 1. The fourth-order valence-electron chi connectivity index (χ4n) is 2.86. The van der Waals surface area contributed by atoms with Crippen molar-refractivity contribution in [3.8, 4) is 0 Å². The molecular weight excluding hydrogens is 394 g/mol. The van der Waals surface area contributed by atoms with Crippen molar-refractivity contribution in [2.45, 2.75) is 18.2 Å². The van der Waals surface area contributed by atoms with E-state index in [4.69, 9.17) is 10.5 Å². The number of aromatic nitrogens is 2. The molecule has 0 aliphatic carbocycles. The van der Waals surface area contributed by atoms with E-state index in [-0.39, 0.29) is 16.4 Å². The van der Waals surface area contributed by atoms with Gasteiger partial charge in [-0.1, -0.05) is 17.7 Å². The number of hydrogen-bond acceptors (Lipinski definition) is 9. The van der Waals surface area contributed by atoms with Crippen molar-refractivity contribution in [3.05, 3.63) is 36.2 Å². The predicted molar refractivity (Wildman–Crippen MR) is 112 cm³/mol. The molecule has 1 aliphatic heterocycles. The van der Waals surface area contributed by atoms with Gasteiger partial charge in [0, 0.05) is 19.6 Å².